The van der Waals surface area contributed by atoms with Crippen LogP contribution in [0.5, 0.6) is 5.75 Å². The van der Waals surface area contributed by atoms with E-state index in [2.05, 4.69) is 15.3 Å². The highest BCUT2D eigenvalue weighted by Gasteiger charge is 2.18. The third-order valence-corrected chi connectivity index (χ3v) is 3.68. The zero-order valence-electron chi connectivity index (χ0n) is 13.7. The zero-order valence-corrected chi connectivity index (χ0v) is 13.7. The summed E-state index contributed by atoms with van der Waals surface area (Å²) in [4.78, 5) is 20.2. The van der Waals surface area contributed by atoms with Crippen LogP contribution < -0.4 is 10.1 Å². The molecule has 8 nitrogen and oxygen atoms in total. The number of carbonyl (C=O) groups excluding carboxylic acids is 1. The van der Waals surface area contributed by atoms with Gasteiger partial charge in [-0.25, -0.2) is 9.18 Å². The topological polar surface area (TPSA) is 99.6 Å². The molecule has 0 aliphatic rings. The minimum atomic E-state index is -0.553. The number of hydrogen-bond acceptors (Lipinski definition) is 8. The molecular weight excluding hydrogens is 345 g/mol. The van der Waals surface area contributed by atoms with Crippen molar-refractivity contribution in [2.75, 3.05) is 19.5 Å². The Morgan fingerprint density at radius 2 is 1.73 bits per heavy atom. The molecule has 26 heavy (non-hydrogen) atoms. The summed E-state index contributed by atoms with van der Waals surface area (Å²) >= 11 is 0. The Morgan fingerprint density at radius 1 is 1.04 bits per heavy atom. The van der Waals surface area contributed by atoms with Crippen LogP contribution in [0.3, 0.4) is 0 Å². The van der Waals surface area contributed by atoms with Crippen LogP contribution in [0, 0.1) is 5.82 Å². The Kier molecular flexibility index (Phi) is 3.68. The summed E-state index contributed by atoms with van der Waals surface area (Å²) in [6.45, 7) is 0. The number of aromatic nitrogens is 2. The molecule has 0 bridgehead atoms. The van der Waals surface area contributed by atoms with E-state index in [1.807, 2.05) is 0 Å². The van der Waals surface area contributed by atoms with Crippen molar-refractivity contribution in [2.45, 2.75) is 0 Å². The molecule has 0 aliphatic heterocycles. The molecule has 0 spiro atoms. The summed E-state index contributed by atoms with van der Waals surface area (Å²) in [5, 5.41) is 2.77. The Labute approximate surface area is 145 Å². The predicted octanol–water partition coefficient (Wildman–Crippen LogP) is 3.65. The first-order valence-corrected chi connectivity index (χ1v) is 7.47. The van der Waals surface area contributed by atoms with Gasteiger partial charge in [0.05, 0.1) is 14.2 Å². The summed E-state index contributed by atoms with van der Waals surface area (Å²) in [7, 11) is 2.71. The Morgan fingerprint density at radius 3 is 2.42 bits per heavy atom. The fourth-order valence-corrected chi connectivity index (χ4v) is 2.49. The number of carbonyl (C=O) groups is 1. The van der Waals surface area contributed by atoms with Crippen molar-refractivity contribution in [3.8, 4) is 5.75 Å². The van der Waals surface area contributed by atoms with Gasteiger partial charge in [-0.2, -0.15) is 9.97 Å². The van der Waals surface area contributed by atoms with Gasteiger partial charge in [0.2, 0.25) is 0 Å². The minimum absolute atomic E-state index is 0.0936. The number of nitrogens with zero attached hydrogens (tertiary/aromatic N) is 2. The SMILES string of the molecule is COC(=O)c1cc2nc(Nc3nc4cc(F)ccc4o3)oc2cc1OC. The number of anilines is 2. The van der Waals surface area contributed by atoms with E-state index in [-0.39, 0.29) is 17.6 Å². The summed E-state index contributed by atoms with van der Waals surface area (Å²) in [5.41, 5.74) is 1.80. The first-order valence-electron chi connectivity index (χ1n) is 7.47. The molecule has 4 aromatic rings. The van der Waals surface area contributed by atoms with Crippen LogP contribution >= 0.6 is 0 Å². The van der Waals surface area contributed by atoms with Crippen molar-refractivity contribution in [1.29, 1.82) is 0 Å². The number of ether oxygens (including phenoxy) is 2. The van der Waals surface area contributed by atoms with Gasteiger partial charge in [-0.1, -0.05) is 0 Å². The van der Waals surface area contributed by atoms with Crippen molar-refractivity contribution in [2.24, 2.45) is 0 Å². The van der Waals surface area contributed by atoms with Crippen molar-refractivity contribution >= 4 is 40.2 Å². The lowest BCUT2D eigenvalue weighted by molar-refractivity contribution is 0.0597. The molecule has 9 heteroatoms. The average Bonchev–Trinajstić information content (AvgIpc) is 3.21. The second kappa shape index (κ2) is 6.03. The summed E-state index contributed by atoms with van der Waals surface area (Å²) in [6.07, 6.45) is 0. The number of nitrogens with one attached hydrogen (secondary N) is 1. The van der Waals surface area contributed by atoms with Crippen molar-refractivity contribution in [3.05, 3.63) is 41.7 Å². The Hall–Kier alpha value is -3.62. The van der Waals surface area contributed by atoms with Crippen LogP contribution in [0.2, 0.25) is 0 Å². The summed E-state index contributed by atoms with van der Waals surface area (Å²) < 4.78 is 34.2. The lowest BCUT2D eigenvalue weighted by Gasteiger charge is -2.05. The van der Waals surface area contributed by atoms with E-state index in [0.717, 1.165) is 0 Å². The van der Waals surface area contributed by atoms with Gasteiger partial charge in [-0.15, -0.1) is 0 Å². The van der Waals surface area contributed by atoms with Gasteiger partial charge < -0.3 is 18.3 Å². The molecular formula is C17H12FN3O5. The molecule has 2 aromatic heterocycles. The van der Waals surface area contributed by atoms with Crippen molar-refractivity contribution in [1.82, 2.24) is 9.97 Å². The predicted molar refractivity (Wildman–Crippen MR) is 89.2 cm³/mol. The second-order valence-electron chi connectivity index (χ2n) is 5.29. The molecule has 0 unspecified atom stereocenters. The third kappa shape index (κ3) is 2.69. The number of hydrogen-bond donors (Lipinski definition) is 1. The molecule has 0 aliphatic carbocycles. The van der Waals surface area contributed by atoms with Crippen LogP contribution in [0.25, 0.3) is 22.2 Å². The van der Waals surface area contributed by atoms with E-state index in [0.29, 0.717) is 27.9 Å². The maximum Gasteiger partial charge on any atom is 0.341 e. The molecule has 1 N–H and O–H groups in total. The van der Waals surface area contributed by atoms with E-state index in [4.69, 9.17) is 18.3 Å². The average molecular weight is 357 g/mol. The minimum Gasteiger partial charge on any atom is -0.496 e. The van der Waals surface area contributed by atoms with E-state index in [1.165, 1.54) is 44.6 Å². The fourth-order valence-electron chi connectivity index (χ4n) is 2.49. The van der Waals surface area contributed by atoms with Gasteiger partial charge in [0.15, 0.2) is 11.2 Å². The number of rotatable bonds is 4. The molecule has 0 saturated carbocycles. The second-order valence-corrected chi connectivity index (χ2v) is 5.29. The van der Waals surface area contributed by atoms with Crippen LogP contribution in [0.15, 0.2) is 39.2 Å². The third-order valence-electron chi connectivity index (χ3n) is 3.68. The highest BCUT2D eigenvalue weighted by Crippen LogP contribution is 2.30. The standard InChI is InChI=1S/C17H12FN3O5/c1-23-13-7-14-11(6-9(13)15(22)24-2)20-17(26-14)21-16-19-10-5-8(18)3-4-12(10)25-16/h3-7H,1-2H3,(H,19,20,21). The fraction of sp³-hybridized carbons (Fsp3) is 0.118. The van der Waals surface area contributed by atoms with Gasteiger partial charge >= 0.3 is 18.0 Å². The summed E-state index contributed by atoms with van der Waals surface area (Å²) in [6, 6.07) is 7.22. The van der Waals surface area contributed by atoms with Crippen LogP contribution in [0.1, 0.15) is 10.4 Å². The van der Waals surface area contributed by atoms with E-state index < -0.39 is 11.8 Å². The number of esters is 1. The van der Waals surface area contributed by atoms with Gasteiger partial charge in [-0.05, 0) is 18.2 Å². The van der Waals surface area contributed by atoms with Crippen LogP contribution in [0.4, 0.5) is 16.4 Å². The number of oxazole rings is 2. The Bertz CT molecular complexity index is 1130. The highest BCUT2D eigenvalue weighted by molar-refractivity contribution is 5.96. The van der Waals surface area contributed by atoms with Crippen molar-refractivity contribution < 1.29 is 27.5 Å². The highest BCUT2D eigenvalue weighted by atomic mass is 19.1. The molecule has 0 radical (unpaired) electrons. The molecule has 2 aromatic carbocycles. The van der Waals surface area contributed by atoms with Gasteiger partial charge in [0, 0.05) is 12.1 Å². The first kappa shape index (κ1) is 15.9. The molecule has 2 heterocycles. The maximum absolute atomic E-state index is 13.2. The van der Waals surface area contributed by atoms with E-state index >= 15 is 0 Å². The number of fused-ring (bicyclic) bond motifs is 2. The van der Waals surface area contributed by atoms with Crippen LogP contribution in [-0.2, 0) is 4.74 Å². The lowest BCUT2D eigenvalue weighted by atomic mass is 10.2. The normalized spacial score (nSPS) is 11.0. The monoisotopic (exact) mass is 357 g/mol. The largest absolute Gasteiger partial charge is 0.496 e. The smallest absolute Gasteiger partial charge is 0.341 e. The molecule has 132 valence electrons. The Balaban J connectivity index is 1.71. The van der Waals surface area contributed by atoms with Crippen molar-refractivity contribution in [3.63, 3.8) is 0 Å². The number of methoxy groups -OCH3 is 2. The molecule has 0 amide bonds. The number of benzene rings is 2. The van der Waals surface area contributed by atoms with Gasteiger partial charge in [-0.3, -0.25) is 5.32 Å². The molecule has 0 saturated heterocycles. The molecule has 4 rings (SSSR count). The molecule has 0 atom stereocenters. The maximum atomic E-state index is 13.2. The first-order chi connectivity index (χ1) is 12.6. The van der Waals surface area contributed by atoms with Gasteiger partial charge in [0.1, 0.15) is 28.2 Å². The lowest BCUT2D eigenvalue weighted by Crippen LogP contribution is -2.03. The summed E-state index contributed by atoms with van der Waals surface area (Å²) in [5.74, 6) is -0.673. The molecule has 0 fully saturated rings. The van der Waals surface area contributed by atoms with E-state index in [9.17, 15) is 9.18 Å². The van der Waals surface area contributed by atoms with Gasteiger partial charge in [0.25, 0.3) is 0 Å². The van der Waals surface area contributed by atoms with E-state index in [1.54, 1.807) is 0 Å². The van der Waals surface area contributed by atoms with Crippen LogP contribution in [-0.4, -0.2) is 30.2 Å². The zero-order chi connectivity index (χ0) is 18.3. The number of halogens is 1. The quantitative estimate of drug-likeness (QED) is 0.553.